The van der Waals surface area contributed by atoms with E-state index in [4.69, 9.17) is 19.9 Å². The molecule has 5 nitrogen and oxygen atoms in total. The topological polar surface area (TPSA) is 73.9 Å². The molecule has 5 heteroatoms. The van der Waals surface area contributed by atoms with Gasteiger partial charge >= 0.3 is 0 Å². The minimum absolute atomic E-state index is 0.157. The molecule has 182 valence electrons. The highest BCUT2D eigenvalue weighted by Gasteiger charge is 2.52. The van der Waals surface area contributed by atoms with E-state index in [1.807, 2.05) is 74.5 Å². The monoisotopic (exact) mass is 471 g/mol. The van der Waals surface area contributed by atoms with Crippen LogP contribution in [0.1, 0.15) is 30.5 Å². The second-order valence-electron chi connectivity index (χ2n) is 9.71. The number of hydrogen-bond donors (Lipinski definition) is 2. The van der Waals surface area contributed by atoms with Crippen LogP contribution in [0.5, 0.6) is 0 Å². The fourth-order valence-electron chi connectivity index (χ4n) is 5.37. The Morgan fingerprint density at radius 1 is 0.857 bits per heavy atom. The molecule has 2 aliphatic rings. The van der Waals surface area contributed by atoms with Crippen LogP contribution in [0.4, 0.5) is 0 Å². The van der Waals surface area contributed by atoms with Crippen LogP contribution >= 0.6 is 0 Å². The van der Waals surface area contributed by atoms with Crippen molar-refractivity contribution >= 4 is 0 Å². The predicted molar refractivity (Wildman–Crippen MR) is 136 cm³/mol. The average Bonchev–Trinajstić information content (AvgIpc) is 3.39. The summed E-state index contributed by atoms with van der Waals surface area (Å²) in [4.78, 5) is 0. The normalized spacial score (nSPS) is 24.1. The minimum Gasteiger partial charge on any atom is -0.391 e. The van der Waals surface area contributed by atoms with E-state index in [-0.39, 0.29) is 24.7 Å². The van der Waals surface area contributed by atoms with Crippen LogP contribution in [0.15, 0.2) is 103 Å². The van der Waals surface area contributed by atoms with E-state index < -0.39 is 17.5 Å². The van der Waals surface area contributed by atoms with Crippen LogP contribution in [0.3, 0.4) is 0 Å². The summed E-state index contributed by atoms with van der Waals surface area (Å²) in [5, 5.41) is 10.6. The number of fused-ring (bicyclic) bond motifs is 1. The summed E-state index contributed by atoms with van der Waals surface area (Å²) >= 11 is 0. The Kier molecular flexibility index (Phi) is 6.62. The van der Waals surface area contributed by atoms with Crippen molar-refractivity contribution in [1.29, 1.82) is 0 Å². The Bertz CT molecular complexity index is 1050. The molecule has 1 aliphatic carbocycles. The van der Waals surface area contributed by atoms with Crippen molar-refractivity contribution in [3.8, 4) is 0 Å². The highest BCUT2D eigenvalue weighted by molar-refractivity contribution is 5.47. The van der Waals surface area contributed by atoms with Crippen molar-refractivity contribution < 1.29 is 19.3 Å². The van der Waals surface area contributed by atoms with E-state index in [2.05, 4.69) is 36.4 Å². The summed E-state index contributed by atoms with van der Waals surface area (Å²) in [6.45, 7) is 4.27. The molecular formula is C30H33NO4. The number of ether oxygens (including phenoxy) is 3. The van der Waals surface area contributed by atoms with Gasteiger partial charge in [-0.1, -0.05) is 97.1 Å². The molecule has 0 saturated carbocycles. The summed E-state index contributed by atoms with van der Waals surface area (Å²) in [5.74, 6) is -0.985. The summed E-state index contributed by atoms with van der Waals surface area (Å²) in [5.41, 5.74) is 9.05. The Hall–Kier alpha value is -2.80. The van der Waals surface area contributed by atoms with Gasteiger partial charge in [0.15, 0.2) is 5.79 Å². The van der Waals surface area contributed by atoms with E-state index in [1.54, 1.807) is 0 Å². The summed E-state index contributed by atoms with van der Waals surface area (Å²) in [6.07, 6.45) is 0.742. The van der Waals surface area contributed by atoms with Gasteiger partial charge in [-0.25, -0.2) is 0 Å². The summed E-state index contributed by atoms with van der Waals surface area (Å²) in [7, 11) is 0. The lowest BCUT2D eigenvalue weighted by atomic mass is 9.80. The molecule has 4 atom stereocenters. The van der Waals surface area contributed by atoms with E-state index in [0.717, 1.165) is 22.3 Å². The lowest BCUT2D eigenvalue weighted by Crippen LogP contribution is -2.37. The lowest BCUT2D eigenvalue weighted by Gasteiger charge is -2.36. The molecule has 5 rings (SSSR count). The van der Waals surface area contributed by atoms with Crippen molar-refractivity contribution in [3.05, 3.63) is 119 Å². The lowest BCUT2D eigenvalue weighted by molar-refractivity contribution is -0.152. The number of benzene rings is 3. The van der Waals surface area contributed by atoms with Gasteiger partial charge in [0.2, 0.25) is 0 Å². The first-order chi connectivity index (χ1) is 16.9. The summed E-state index contributed by atoms with van der Waals surface area (Å²) < 4.78 is 19.4. The summed E-state index contributed by atoms with van der Waals surface area (Å²) in [6, 6.07) is 30.9. The van der Waals surface area contributed by atoms with Gasteiger partial charge in [0.25, 0.3) is 0 Å². The molecule has 0 amide bonds. The predicted octanol–water partition coefficient (Wildman–Crippen LogP) is 4.39. The quantitative estimate of drug-likeness (QED) is 0.377. The molecule has 3 N–H and O–H groups in total. The number of aliphatic hydroxyl groups is 1. The molecule has 1 aliphatic heterocycles. The molecule has 1 fully saturated rings. The van der Waals surface area contributed by atoms with Gasteiger partial charge in [0.05, 0.1) is 18.8 Å². The third-order valence-electron chi connectivity index (χ3n) is 6.96. The van der Waals surface area contributed by atoms with Gasteiger partial charge in [-0.05, 0) is 36.1 Å². The largest absolute Gasteiger partial charge is 0.391 e. The Morgan fingerprint density at radius 3 is 1.80 bits per heavy atom. The van der Waals surface area contributed by atoms with Crippen LogP contribution in [-0.4, -0.2) is 42.4 Å². The molecule has 1 saturated heterocycles. The SMILES string of the molecule is CC1(C)O[C@H]2[C@H]([C@H](O)CN)C=C(COC(c3ccccc3)(c3ccccc3)c3ccccc3)[C@H]2O1. The first-order valence-electron chi connectivity index (χ1n) is 12.2. The maximum Gasteiger partial charge on any atom is 0.164 e. The Balaban J connectivity index is 1.57. The van der Waals surface area contributed by atoms with E-state index in [0.29, 0.717) is 6.61 Å². The minimum atomic E-state index is -0.834. The van der Waals surface area contributed by atoms with Crippen molar-refractivity contribution in [2.24, 2.45) is 11.7 Å². The molecule has 0 aromatic heterocycles. The first-order valence-corrected chi connectivity index (χ1v) is 12.2. The fourth-order valence-corrected chi connectivity index (χ4v) is 5.37. The van der Waals surface area contributed by atoms with Gasteiger partial charge in [0.1, 0.15) is 11.7 Å². The second-order valence-corrected chi connectivity index (χ2v) is 9.71. The zero-order chi connectivity index (χ0) is 24.5. The van der Waals surface area contributed by atoms with Crippen molar-refractivity contribution in [3.63, 3.8) is 0 Å². The van der Waals surface area contributed by atoms with Crippen LogP contribution in [-0.2, 0) is 19.8 Å². The Labute approximate surface area is 207 Å². The van der Waals surface area contributed by atoms with Crippen molar-refractivity contribution in [2.75, 3.05) is 13.2 Å². The maximum atomic E-state index is 10.6. The third kappa shape index (κ3) is 4.46. The highest BCUT2D eigenvalue weighted by atomic mass is 16.8. The molecule has 0 spiro atoms. The van der Waals surface area contributed by atoms with Crippen LogP contribution < -0.4 is 5.73 Å². The molecule has 0 unspecified atom stereocenters. The van der Waals surface area contributed by atoms with Crippen LogP contribution in [0, 0.1) is 5.92 Å². The van der Waals surface area contributed by atoms with E-state index in [1.165, 1.54) is 0 Å². The van der Waals surface area contributed by atoms with Gasteiger partial charge < -0.3 is 25.1 Å². The van der Waals surface area contributed by atoms with Gasteiger partial charge in [0, 0.05) is 12.5 Å². The highest BCUT2D eigenvalue weighted by Crippen LogP contribution is 2.45. The molecule has 0 bridgehead atoms. The fraction of sp³-hybridized carbons (Fsp3) is 0.333. The standard InChI is InChI=1S/C30H33NO4/c1-29(2)34-27-21(18-25(26(32)19-31)28(27)35-29)20-33-30(22-12-6-3-7-13-22,23-14-8-4-9-15-23)24-16-10-5-11-17-24/h3-18,25-28,32H,19-20,31H2,1-2H3/t25-,26+,27+,28-/m0/s1. The molecule has 1 heterocycles. The average molecular weight is 472 g/mol. The van der Waals surface area contributed by atoms with Crippen LogP contribution in [0.2, 0.25) is 0 Å². The molecule has 0 radical (unpaired) electrons. The Morgan fingerprint density at radius 2 is 1.34 bits per heavy atom. The number of hydrogen-bond acceptors (Lipinski definition) is 5. The second kappa shape index (κ2) is 9.69. The number of nitrogens with two attached hydrogens (primary N) is 1. The molecular weight excluding hydrogens is 438 g/mol. The number of aliphatic hydroxyl groups excluding tert-OH is 1. The van der Waals surface area contributed by atoms with Crippen LogP contribution in [0.25, 0.3) is 0 Å². The van der Waals surface area contributed by atoms with Crippen molar-refractivity contribution in [1.82, 2.24) is 0 Å². The van der Waals surface area contributed by atoms with Gasteiger partial charge in [-0.3, -0.25) is 0 Å². The maximum absolute atomic E-state index is 10.6. The molecule has 3 aromatic carbocycles. The zero-order valence-electron chi connectivity index (χ0n) is 20.2. The van der Waals surface area contributed by atoms with E-state index >= 15 is 0 Å². The third-order valence-corrected chi connectivity index (χ3v) is 6.96. The van der Waals surface area contributed by atoms with Gasteiger partial charge in [-0.15, -0.1) is 0 Å². The van der Waals surface area contributed by atoms with Crippen molar-refractivity contribution in [2.45, 2.75) is 43.5 Å². The zero-order valence-corrected chi connectivity index (χ0v) is 20.2. The molecule has 35 heavy (non-hydrogen) atoms. The molecule has 3 aromatic rings. The smallest absolute Gasteiger partial charge is 0.164 e. The first kappa shape index (κ1) is 23.9. The van der Waals surface area contributed by atoms with E-state index in [9.17, 15) is 5.11 Å². The van der Waals surface area contributed by atoms with Gasteiger partial charge in [-0.2, -0.15) is 0 Å². The number of rotatable bonds is 8.